The van der Waals surface area contributed by atoms with Crippen molar-refractivity contribution in [3.8, 4) is 0 Å². The van der Waals surface area contributed by atoms with E-state index in [9.17, 15) is 13.2 Å². The maximum atomic E-state index is 11.8. The lowest BCUT2D eigenvalue weighted by atomic mass is 9.92. The number of amides is 1. The molecule has 0 heterocycles. The van der Waals surface area contributed by atoms with Gasteiger partial charge in [-0.3, -0.25) is 9.52 Å². The van der Waals surface area contributed by atoms with E-state index in [2.05, 4.69) is 10.0 Å². The second-order valence-corrected chi connectivity index (χ2v) is 7.72. The number of rotatable bonds is 6. The fraction of sp³-hybridized carbons (Fsp3) is 0.500. The van der Waals surface area contributed by atoms with Crippen LogP contribution in [0.3, 0.4) is 0 Å². The summed E-state index contributed by atoms with van der Waals surface area (Å²) in [6, 6.07) is 8.67. The van der Waals surface area contributed by atoms with Crippen LogP contribution in [0.2, 0.25) is 0 Å². The second-order valence-electron chi connectivity index (χ2n) is 5.87. The molecule has 0 aliphatic rings. The van der Waals surface area contributed by atoms with Gasteiger partial charge in [0, 0.05) is 18.7 Å². The number of anilines is 1. The van der Waals surface area contributed by atoms with E-state index >= 15 is 0 Å². The molecule has 1 aromatic carbocycles. The standard InChI is InChI=1S/C14H22N2O3S/c1-14(2,3)11-13(17)15-9-10-20(18,19)16-12-7-5-4-6-8-12/h4-8,16H,9-11H2,1-3H3,(H,15,17). The molecule has 0 unspecified atom stereocenters. The molecular formula is C14H22N2O3S. The number of hydrogen-bond donors (Lipinski definition) is 2. The van der Waals surface area contributed by atoms with Crippen LogP contribution < -0.4 is 10.0 Å². The lowest BCUT2D eigenvalue weighted by Gasteiger charge is -2.17. The normalized spacial score (nSPS) is 11.9. The van der Waals surface area contributed by atoms with Crippen LogP contribution in [0.1, 0.15) is 27.2 Å². The first-order valence-corrected chi connectivity index (χ1v) is 8.15. The average Bonchev–Trinajstić information content (AvgIpc) is 2.26. The van der Waals surface area contributed by atoms with Gasteiger partial charge >= 0.3 is 0 Å². The van der Waals surface area contributed by atoms with Gasteiger partial charge in [0.25, 0.3) is 0 Å². The molecule has 1 aromatic rings. The highest BCUT2D eigenvalue weighted by molar-refractivity contribution is 7.92. The summed E-state index contributed by atoms with van der Waals surface area (Å²) in [5, 5.41) is 2.62. The lowest BCUT2D eigenvalue weighted by Crippen LogP contribution is -2.33. The van der Waals surface area contributed by atoms with Crippen molar-refractivity contribution in [2.24, 2.45) is 5.41 Å². The van der Waals surface area contributed by atoms with Crippen LogP contribution in [-0.4, -0.2) is 26.6 Å². The molecule has 112 valence electrons. The van der Waals surface area contributed by atoms with Crippen LogP contribution in [0, 0.1) is 5.41 Å². The summed E-state index contributed by atoms with van der Waals surface area (Å²) in [4.78, 5) is 11.6. The Labute approximate surface area is 120 Å². The highest BCUT2D eigenvalue weighted by atomic mass is 32.2. The predicted octanol–water partition coefficient (Wildman–Crippen LogP) is 1.98. The van der Waals surface area contributed by atoms with E-state index in [1.807, 2.05) is 26.8 Å². The minimum Gasteiger partial charge on any atom is -0.355 e. The highest BCUT2D eigenvalue weighted by Crippen LogP contribution is 2.17. The fourth-order valence-electron chi connectivity index (χ4n) is 1.61. The molecule has 0 saturated heterocycles. The molecule has 0 atom stereocenters. The van der Waals surface area contributed by atoms with Crippen molar-refractivity contribution in [2.45, 2.75) is 27.2 Å². The third kappa shape index (κ3) is 7.13. The molecule has 0 spiro atoms. The number of sulfonamides is 1. The zero-order valence-electron chi connectivity index (χ0n) is 12.1. The van der Waals surface area contributed by atoms with Crippen LogP contribution in [0.4, 0.5) is 5.69 Å². The first-order valence-electron chi connectivity index (χ1n) is 6.50. The fourth-order valence-corrected chi connectivity index (χ4v) is 2.57. The Kier molecular flexibility index (Phi) is 5.56. The van der Waals surface area contributed by atoms with Crippen molar-refractivity contribution in [3.05, 3.63) is 30.3 Å². The first-order chi connectivity index (χ1) is 9.18. The lowest BCUT2D eigenvalue weighted by molar-refractivity contribution is -0.122. The average molecular weight is 298 g/mol. The van der Waals surface area contributed by atoms with E-state index in [0.717, 1.165) is 0 Å². The van der Waals surface area contributed by atoms with Gasteiger partial charge in [-0.2, -0.15) is 0 Å². The van der Waals surface area contributed by atoms with Gasteiger partial charge in [0.05, 0.1) is 5.75 Å². The largest absolute Gasteiger partial charge is 0.355 e. The Morgan fingerprint density at radius 1 is 1.15 bits per heavy atom. The summed E-state index contributed by atoms with van der Waals surface area (Å²) in [7, 11) is -3.44. The minimum absolute atomic E-state index is 0.106. The molecule has 0 aliphatic carbocycles. The monoisotopic (exact) mass is 298 g/mol. The molecule has 1 rings (SSSR count). The third-order valence-electron chi connectivity index (χ3n) is 2.43. The van der Waals surface area contributed by atoms with Gasteiger partial charge in [-0.25, -0.2) is 8.42 Å². The SMILES string of the molecule is CC(C)(C)CC(=O)NCCS(=O)(=O)Nc1ccccc1. The van der Waals surface area contributed by atoms with Crippen molar-refractivity contribution < 1.29 is 13.2 Å². The minimum atomic E-state index is -3.44. The smallest absolute Gasteiger partial charge is 0.234 e. The third-order valence-corrected chi connectivity index (χ3v) is 3.72. The van der Waals surface area contributed by atoms with Crippen molar-refractivity contribution in [2.75, 3.05) is 17.0 Å². The summed E-state index contributed by atoms with van der Waals surface area (Å²) in [5.41, 5.74) is 0.416. The maximum Gasteiger partial charge on any atom is 0.234 e. The molecule has 0 bridgehead atoms. The van der Waals surface area contributed by atoms with E-state index < -0.39 is 10.0 Å². The Morgan fingerprint density at radius 3 is 2.30 bits per heavy atom. The van der Waals surface area contributed by atoms with Gasteiger partial charge in [-0.1, -0.05) is 39.0 Å². The summed E-state index contributed by atoms with van der Waals surface area (Å²) < 4.78 is 26.1. The zero-order valence-corrected chi connectivity index (χ0v) is 13.0. The number of carbonyl (C=O) groups excluding carboxylic acids is 1. The molecule has 2 N–H and O–H groups in total. The van der Waals surface area contributed by atoms with Crippen molar-refractivity contribution in [1.82, 2.24) is 5.32 Å². The topological polar surface area (TPSA) is 75.3 Å². The number of hydrogen-bond acceptors (Lipinski definition) is 3. The molecule has 0 radical (unpaired) electrons. The molecule has 1 amide bonds. The predicted molar refractivity (Wildman–Crippen MR) is 80.9 cm³/mol. The van der Waals surface area contributed by atoms with Crippen LogP contribution in [-0.2, 0) is 14.8 Å². The van der Waals surface area contributed by atoms with E-state index in [1.54, 1.807) is 24.3 Å². The Morgan fingerprint density at radius 2 is 1.75 bits per heavy atom. The van der Waals surface area contributed by atoms with Gasteiger partial charge in [-0.05, 0) is 17.5 Å². The number of para-hydroxylation sites is 1. The van der Waals surface area contributed by atoms with Crippen molar-refractivity contribution in [1.29, 1.82) is 0 Å². The van der Waals surface area contributed by atoms with E-state index in [0.29, 0.717) is 12.1 Å². The Hall–Kier alpha value is -1.56. The molecule has 0 aromatic heterocycles. The van der Waals surface area contributed by atoms with Crippen LogP contribution in [0.5, 0.6) is 0 Å². The van der Waals surface area contributed by atoms with Crippen molar-refractivity contribution >= 4 is 21.6 Å². The summed E-state index contributed by atoms with van der Waals surface area (Å²) >= 11 is 0. The van der Waals surface area contributed by atoms with Gasteiger partial charge < -0.3 is 5.32 Å². The number of benzene rings is 1. The van der Waals surface area contributed by atoms with E-state index in [-0.39, 0.29) is 23.6 Å². The second kappa shape index (κ2) is 6.74. The molecule has 0 saturated carbocycles. The summed E-state index contributed by atoms with van der Waals surface area (Å²) in [5.74, 6) is -0.273. The number of nitrogens with one attached hydrogen (secondary N) is 2. The summed E-state index contributed by atoms with van der Waals surface area (Å²) in [6.45, 7) is 5.98. The first kappa shape index (κ1) is 16.5. The Balaban J connectivity index is 2.39. The molecular weight excluding hydrogens is 276 g/mol. The zero-order chi connectivity index (χ0) is 15.2. The van der Waals surface area contributed by atoms with E-state index in [1.165, 1.54) is 0 Å². The number of carbonyl (C=O) groups is 1. The quantitative estimate of drug-likeness (QED) is 0.843. The van der Waals surface area contributed by atoms with Crippen LogP contribution in [0.25, 0.3) is 0 Å². The Bertz CT molecular complexity index is 533. The van der Waals surface area contributed by atoms with E-state index in [4.69, 9.17) is 0 Å². The van der Waals surface area contributed by atoms with Gasteiger partial charge in [0.1, 0.15) is 0 Å². The summed E-state index contributed by atoms with van der Waals surface area (Å²) in [6.07, 6.45) is 0.374. The molecule has 5 nitrogen and oxygen atoms in total. The van der Waals surface area contributed by atoms with Crippen molar-refractivity contribution in [3.63, 3.8) is 0 Å². The molecule has 0 aliphatic heterocycles. The molecule has 20 heavy (non-hydrogen) atoms. The maximum absolute atomic E-state index is 11.8. The molecule has 0 fully saturated rings. The van der Waals surface area contributed by atoms with Crippen LogP contribution in [0.15, 0.2) is 30.3 Å². The molecule has 6 heteroatoms. The highest BCUT2D eigenvalue weighted by Gasteiger charge is 2.16. The van der Waals surface area contributed by atoms with Crippen LogP contribution >= 0.6 is 0 Å². The van der Waals surface area contributed by atoms with Gasteiger partial charge in [-0.15, -0.1) is 0 Å². The van der Waals surface area contributed by atoms with Gasteiger partial charge in [0.15, 0.2) is 0 Å². The van der Waals surface area contributed by atoms with Gasteiger partial charge in [0.2, 0.25) is 15.9 Å².